The lowest BCUT2D eigenvalue weighted by atomic mass is 10.2. The summed E-state index contributed by atoms with van der Waals surface area (Å²) in [5.74, 6) is -1.10. The molecule has 0 radical (unpaired) electrons. The van der Waals surface area contributed by atoms with Gasteiger partial charge in [-0.15, -0.1) is 0 Å². The van der Waals surface area contributed by atoms with Crippen molar-refractivity contribution in [3.05, 3.63) is 79.5 Å². The molecule has 0 aliphatic heterocycles. The van der Waals surface area contributed by atoms with Crippen LogP contribution < -0.4 is 0 Å². The topological polar surface area (TPSA) is 135 Å². The fraction of sp³-hybridized carbons (Fsp3) is 0. The summed E-state index contributed by atoms with van der Waals surface area (Å²) < 4.78 is 0.813. The lowest BCUT2D eigenvalue weighted by Crippen LogP contribution is -1.95. The fourth-order valence-electron chi connectivity index (χ4n) is 1.37. The normalized spacial score (nSPS) is 8.59. The maximum Gasteiger partial charge on any atom is 0.336 e. The molecule has 0 aliphatic carbocycles. The highest BCUT2D eigenvalue weighted by atomic mass is 79.9. The quantitative estimate of drug-likeness (QED) is 0.425. The number of aromatic carboxylic acids is 1. The minimum absolute atomic E-state index is 0.00954. The summed E-state index contributed by atoms with van der Waals surface area (Å²) in [7, 11) is 0. The van der Waals surface area contributed by atoms with E-state index in [1.54, 1.807) is 18.2 Å². The van der Waals surface area contributed by atoms with Gasteiger partial charge in [0, 0.05) is 14.3 Å². The highest BCUT2D eigenvalue weighted by Crippen LogP contribution is 2.23. The first kappa shape index (κ1) is 17.1. The van der Waals surface area contributed by atoms with Crippen LogP contribution in [-0.2, 0) is 0 Å². The van der Waals surface area contributed by atoms with E-state index in [0.29, 0.717) is 5.69 Å². The Morgan fingerprint density at radius 3 is 2.00 bits per heavy atom. The summed E-state index contributed by atoms with van der Waals surface area (Å²) in [6.45, 7) is 0. The standard InChI is InChI=1S/C7H5N3O2.C6H4BrN3/c8-10-9-6-4-2-1-3-5(6)7(11)12;7-5-3-1-2-4-6(5)9-10-8/h1-4H,(H,11,12);1-4H. The van der Waals surface area contributed by atoms with Gasteiger partial charge in [-0.25, -0.2) is 4.79 Å². The van der Waals surface area contributed by atoms with Crippen LogP contribution in [0.1, 0.15) is 10.4 Å². The smallest absolute Gasteiger partial charge is 0.336 e. The molecule has 2 aromatic carbocycles. The third kappa shape index (κ3) is 5.18. The summed E-state index contributed by atoms with van der Waals surface area (Å²) in [6.07, 6.45) is 0. The van der Waals surface area contributed by atoms with Gasteiger partial charge in [-0.2, -0.15) is 0 Å². The van der Waals surface area contributed by atoms with Crippen molar-refractivity contribution in [3.63, 3.8) is 0 Å². The number of azide groups is 2. The molecule has 9 heteroatoms. The number of carbonyl (C=O) groups is 1. The average molecular weight is 361 g/mol. The van der Waals surface area contributed by atoms with Gasteiger partial charge in [0.25, 0.3) is 0 Å². The Bertz CT molecular complexity index is 746. The van der Waals surface area contributed by atoms with Crippen LogP contribution in [0.2, 0.25) is 0 Å². The first-order chi connectivity index (χ1) is 10.6. The van der Waals surface area contributed by atoms with Crippen molar-refractivity contribution < 1.29 is 9.90 Å². The van der Waals surface area contributed by atoms with Crippen LogP contribution in [0.4, 0.5) is 11.4 Å². The molecule has 22 heavy (non-hydrogen) atoms. The molecular weight excluding hydrogens is 352 g/mol. The molecule has 0 saturated carbocycles. The molecule has 0 aromatic heterocycles. The van der Waals surface area contributed by atoms with E-state index in [1.165, 1.54) is 12.1 Å². The molecule has 0 atom stereocenters. The maximum atomic E-state index is 10.5. The maximum absolute atomic E-state index is 10.5. The number of carboxylic acids is 1. The largest absolute Gasteiger partial charge is 0.478 e. The highest BCUT2D eigenvalue weighted by Gasteiger charge is 2.05. The number of rotatable bonds is 3. The van der Waals surface area contributed by atoms with Gasteiger partial charge < -0.3 is 5.11 Å². The van der Waals surface area contributed by atoms with Crippen molar-refractivity contribution in [3.8, 4) is 0 Å². The zero-order valence-corrected chi connectivity index (χ0v) is 12.6. The predicted molar refractivity (Wildman–Crippen MR) is 85.2 cm³/mol. The van der Waals surface area contributed by atoms with Gasteiger partial charge in [0.15, 0.2) is 0 Å². The summed E-state index contributed by atoms with van der Waals surface area (Å²) >= 11 is 3.23. The zero-order valence-electron chi connectivity index (χ0n) is 11.0. The number of carboxylic acid groups (broad SMARTS) is 1. The molecule has 110 valence electrons. The van der Waals surface area contributed by atoms with Gasteiger partial charge in [0.2, 0.25) is 0 Å². The van der Waals surface area contributed by atoms with Gasteiger partial charge in [-0.1, -0.05) is 62.6 Å². The van der Waals surface area contributed by atoms with Gasteiger partial charge >= 0.3 is 5.97 Å². The number of nitrogens with zero attached hydrogens (tertiary/aromatic N) is 6. The summed E-state index contributed by atoms with van der Waals surface area (Å²) in [5.41, 5.74) is 16.9. The van der Waals surface area contributed by atoms with E-state index in [2.05, 4.69) is 36.0 Å². The van der Waals surface area contributed by atoms with Crippen molar-refractivity contribution in [1.82, 2.24) is 0 Å². The second kappa shape index (κ2) is 9.04. The fourth-order valence-corrected chi connectivity index (χ4v) is 1.73. The van der Waals surface area contributed by atoms with E-state index >= 15 is 0 Å². The van der Waals surface area contributed by atoms with Crippen molar-refractivity contribution in [2.24, 2.45) is 10.2 Å². The van der Waals surface area contributed by atoms with Crippen LogP contribution in [-0.4, -0.2) is 11.1 Å². The summed E-state index contributed by atoms with van der Waals surface area (Å²) in [6, 6.07) is 13.2. The van der Waals surface area contributed by atoms with Gasteiger partial charge in [0.05, 0.1) is 16.9 Å². The van der Waals surface area contributed by atoms with E-state index in [1.807, 2.05) is 18.2 Å². The highest BCUT2D eigenvalue weighted by molar-refractivity contribution is 9.10. The van der Waals surface area contributed by atoms with E-state index in [-0.39, 0.29) is 11.3 Å². The van der Waals surface area contributed by atoms with Crippen LogP contribution in [0.25, 0.3) is 20.9 Å². The zero-order chi connectivity index (χ0) is 16.4. The minimum Gasteiger partial charge on any atom is -0.478 e. The van der Waals surface area contributed by atoms with E-state index in [0.717, 1.165) is 4.47 Å². The van der Waals surface area contributed by atoms with Crippen LogP contribution in [0.3, 0.4) is 0 Å². The van der Waals surface area contributed by atoms with Crippen molar-refractivity contribution in [2.45, 2.75) is 0 Å². The predicted octanol–water partition coefficient (Wildman–Crippen LogP) is 5.72. The molecule has 1 N–H and O–H groups in total. The molecule has 2 rings (SSSR count). The number of hydrogen-bond donors (Lipinski definition) is 1. The molecule has 0 aliphatic rings. The summed E-state index contributed by atoms with van der Waals surface area (Å²) in [4.78, 5) is 15.7. The molecular formula is C13H9BrN6O2. The van der Waals surface area contributed by atoms with Crippen LogP contribution in [0.15, 0.2) is 63.2 Å². The van der Waals surface area contributed by atoms with Crippen molar-refractivity contribution in [1.29, 1.82) is 0 Å². The lowest BCUT2D eigenvalue weighted by molar-refractivity contribution is 0.0698. The van der Waals surface area contributed by atoms with Crippen LogP contribution in [0.5, 0.6) is 0 Å². The molecule has 2 aromatic rings. The molecule has 0 fully saturated rings. The third-order valence-corrected chi connectivity index (χ3v) is 2.96. The molecule has 0 unspecified atom stereocenters. The lowest BCUT2D eigenvalue weighted by Gasteiger charge is -1.96. The van der Waals surface area contributed by atoms with E-state index < -0.39 is 5.97 Å². The number of hydrogen-bond acceptors (Lipinski definition) is 3. The van der Waals surface area contributed by atoms with Gasteiger partial charge in [-0.05, 0) is 23.2 Å². The van der Waals surface area contributed by atoms with Crippen LogP contribution >= 0.6 is 15.9 Å². The Balaban J connectivity index is 0.000000224. The second-order valence-electron chi connectivity index (χ2n) is 3.65. The molecule has 0 spiro atoms. The Morgan fingerprint density at radius 1 is 0.955 bits per heavy atom. The molecule has 0 heterocycles. The SMILES string of the molecule is [N-]=[N+]=Nc1ccccc1Br.[N-]=[N+]=Nc1ccccc1C(=O)O. The number of halogens is 1. The molecule has 0 amide bonds. The average Bonchev–Trinajstić information content (AvgIpc) is 2.51. The van der Waals surface area contributed by atoms with E-state index in [4.69, 9.17) is 16.2 Å². The minimum atomic E-state index is -1.10. The Labute approximate surface area is 133 Å². The van der Waals surface area contributed by atoms with E-state index in [9.17, 15) is 4.79 Å². The Kier molecular flexibility index (Phi) is 7.01. The first-order valence-electron chi connectivity index (χ1n) is 5.77. The Hall–Kier alpha value is -2.99. The summed E-state index contributed by atoms with van der Waals surface area (Å²) in [5, 5.41) is 15.3. The molecule has 8 nitrogen and oxygen atoms in total. The van der Waals surface area contributed by atoms with Crippen LogP contribution in [0, 0.1) is 0 Å². The first-order valence-corrected chi connectivity index (χ1v) is 6.56. The van der Waals surface area contributed by atoms with Crippen molar-refractivity contribution in [2.75, 3.05) is 0 Å². The second-order valence-corrected chi connectivity index (χ2v) is 4.51. The van der Waals surface area contributed by atoms with Gasteiger partial charge in [-0.3, -0.25) is 0 Å². The van der Waals surface area contributed by atoms with Crippen molar-refractivity contribution >= 4 is 33.3 Å². The van der Waals surface area contributed by atoms with Gasteiger partial charge in [0.1, 0.15) is 0 Å². The molecule has 0 bridgehead atoms. The monoisotopic (exact) mass is 360 g/mol. The Morgan fingerprint density at radius 2 is 1.45 bits per heavy atom. The molecule has 0 saturated heterocycles. The third-order valence-electron chi connectivity index (χ3n) is 2.29. The number of benzene rings is 2.